The lowest BCUT2D eigenvalue weighted by atomic mass is 10.0. The Morgan fingerprint density at radius 3 is 2.17 bits per heavy atom. The third-order valence-corrected chi connectivity index (χ3v) is 6.35. The molecule has 0 atom stereocenters. The van der Waals surface area contributed by atoms with Crippen LogP contribution in [0.5, 0.6) is 5.75 Å². The third kappa shape index (κ3) is 5.00. The van der Waals surface area contributed by atoms with Crippen molar-refractivity contribution in [1.82, 2.24) is 29.7 Å². The molecule has 6 rings (SSSR count). The Hall–Kier alpha value is -5.44. The van der Waals surface area contributed by atoms with E-state index < -0.39 is 5.97 Å². The number of aromatic nitrogens is 6. The molecular weight excluding hydrogens is 504 g/mol. The second-order valence-corrected chi connectivity index (χ2v) is 9.09. The Morgan fingerprint density at radius 1 is 0.775 bits per heavy atom. The number of aromatic carboxylic acids is 1. The maximum Gasteiger partial charge on any atom is 0.335 e. The maximum absolute atomic E-state index is 11.6. The smallest absolute Gasteiger partial charge is 0.335 e. The van der Waals surface area contributed by atoms with E-state index in [2.05, 4.69) is 21.9 Å². The standard InChI is InChI=1S/C31H24N6O3/c1-2-17-40-25-10-7-21(8-11-25)20-3-5-22(6-4-20)29-35-30(23-9-12-26-27(18-23)33-16-15-32-26)37(36-29)28-19-24(31(38)39)13-14-34-28/h3-16,18-19H,2,17H2,1H3,(H,38,39). The van der Waals surface area contributed by atoms with Crippen LogP contribution in [0.1, 0.15) is 23.7 Å². The van der Waals surface area contributed by atoms with Gasteiger partial charge in [-0.15, -0.1) is 5.10 Å². The molecular formula is C31H24N6O3. The molecule has 196 valence electrons. The number of carboxylic acids is 1. The van der Waals surface area contributed by atoms with Crippen LogP contribution in [0, 0.1) is 0 Å². The monoisotopic (exact) mass is 528 g/mol. The highest BCUT2D eigenvalue weighted by molar-refractivity contribution is 5.88. The lowest BCUT2D eigenvalue weighted by molar-refractivity contribution is 0.0696. The second kappa shape index (κ2) is 10.7. The summed E-state index contributed by atoms with van der Waals surface area (Å²) in [5.74, 6) is 1.13. The Bertz CT molecular complexity index is 1810. The van der Waals surface area contributed by atoms with Gasteiger partial charge in [0.05, 0.1) is 23.2 Å². The number of hydrogen-bond donors (Lipinski definition) is 1. The van der Waals surface area contributed by atoms with Crippen LogP contribution in [-0.2, 0) is 0 Å². The van der Waals surface area contributed by atoms with Crippen LogP contribution in [0.3, 0.4) is 0 Å². The first-order chi connectivity index (χ1) is 19.6. The Morgan fingerprint density at radius 2 is 1.45 bits per heavy atom. The van der Waals surface area contributed by atoms with E-state index in [4.69, 9.17) is 14.8 Å². The zero-order chi connectivity index (χ0) is 27.5. The molecule has 0 saturated carbocycles. The molecule has 0 aliphatic rings. The summed E-state index contributed by atoms with van der Waals surface area (Å²) in [4.78, 5) is 29.6. The van der Waals surface area contributed by atoms with Gasteiger partial charge in [0.2, 0.25) is 0 Å². The van der Waals surface area contributed by atoms with E-state index in [0.29, 0.717) is 29.6 Å². The number of carboxylic acid groups (broad SMARTS) is 1. The highest BCUT2D eigenvalue weighted by Crippen LogP contribution is 2.29. The molecule has 3 aromatic carbocycles. The summed E-state index contributed by atoms with van der Waals surface area (Å²) in [6, 6.07) is 24.5. The SMILES string of the molecule is CCCOc1ccc(-c2ccc(-c3nc(-c4ccc5nccnc5c4)n(-c4cc(C(=O)O)ccn4)n3)cc2)cc1. The van der Waals surface area contributed by atoms with Crippen LogP contribution >= 0.6 is 0 Å². The first kappa shape index (κ1) is 24.9. The number of carbonyl (C=O) groups is 1. The summed E-state index contributed by atoms with van der Waals surface area (Å²) in [7, 11) is 0. The molecule has 0 aliphatic heterocycles. The fourth-order valence-corrected chi connectivity index (χ4v) is 4.33. The van der Waals surface area contributed by atoms with Crippen molar-refractivity contribution in [2.45, 2.75) is 13.3 Å². The van der Waals surface area contributed by atoms with E-state index in [1.807, 2.05) is 66.7 Å². The molecule has 3 heterocycles. The first-order valence-electron chi connectivity index (χ1n) is 12.8. The van der Waals surface area contributed by atoms with Gasteiger partial charge in [0.1, 0.15) is 5.75 Å². The number of nitrogens with zero attached hydrogens (tertiary/aromatic N) is 6. The zero-order valence-electron chi connectivity index (χ0n) is 21.6. The lowest BCUT2D eigenvalue weighted by Gasteiger charge is -2.07. The maximum atomic E-state index is 11.6. The highest BCUT2D eigenvalue weighted by atomic mass is 16.5. The van der Waals surface area contributed by atoms with Crippen LogP contribution in [0.25, 0.3) is 50.8 Å². The molecule has 0 unspecified atom stereocenters. The average molecular weight is 529 g/mol. The molecule has 0 radical (unpaired) electrons. The Balaban J connectivity index is 1.39. The van der Waals surface area contributed by atoms with E-state index in [1.54, 1.807) is 17.1 Å². The molecule has 0 spiro atoms. The molecule has 1 N–H and O–H groups in total. The van der Waals surface area contributed by atoms with Gasteiger partial charge in [0, 0.05) is 29.7 Å². The summed E-state index contributed by atoms with van der Waals surface area (Å²) in [5, 5.41) is 14.3. The minimum Gasteiger partial charge on any atom is -0.494 e. The van der Waals surface area contributed by atoms with Crippen molar-refractivity contribution in [2.75, 3.05) is 6.61 Å². The van der Waals surface area contributed by atoms with Gasteiger partial charge in [-0.25, -0.2) is 14.8 Å². The van der Waals surface area contributed by atoms with E-state index in [9.17, 15) is 9.90 Å². The summed E-state index contributed by atoms with van der Waals surface area (Å²) in [6.07, 6.45) is 5.68. The van der Waals surface area contributed by atoms with E-state index in [1.165, 1.54) is 18.3 Å². The van der Waals surface area contributed by atoms with E-state index >= 15 is 0 Å². The van der Waals surface area contributed by atoms with E-state index in [-0.39, 0.29) is 5.56 Å². The van der Waals surface area contributed by atoms with Crippen molar-refractivity contribution in [2.24, 2.45) is 0 Å². The van der Waals surface area contributed by atoms with Crippen molar-refractivity contribution in [3.63, 3.8) is 0 Å². The summed E-state index contributed by atoms with van der Waals surface area (Å²) < 4.78 is 7.25. The number of fused-ring (bicyclic) bond motifs is 1. The van der Waals surface area contributed by atoms with Crippen molar-refractivity contribution in [1.29, 1.82) is 0 Å². The molecule has 0 saturated heterocycles. The van der Waals surface area contributed by atoms with Gasteiger partial charge in [-0.2, -0.15) is 4.68 Å². The molecule has 40 heavy (non-hydrogen) atoms. The lowest BCUT2D eigenvalue weighted by Crippen LogP contribution is -2.05. The number of rotatable bonds is 8. The van der Waals surface area contributed by atoms with Crippen LogP contribution < -0.4 is 4.74 Å². The molecule has 6 aromatic rings. The normalized spacial score (nSPS) is 11.0. The molecule has 9 nitrogen and oxygen atoms in total. The van der Waals surface area contributed by atoms with Gasteiger partial charge >= 0.3 is 5.97 Å². The average Bonchev–Trinajstić information content (AvgIpc) is 3.46. The van der Waals surface area contributed by atoms with Gasteiger partial charge in [-0.05, 0) is 60.0 Å². The second-order valence-electron chi connectivity index (χ2n) is 9.09. The summed E-state index contributed by atoms with van der Waals surface area (Å²) in [6.45, 7) is 2.77. The van der Waals surface area contributed by atoms with Crippen LogP contribution in [0.4, 0.5) is 0 Å². The van der Waals surface area contributed by atoms with E-state index in [0.717, 1.165) is 39.9 Å². The van der Waals surface area contributed by atoms with Crippen LogP contribution in [0.15, 0.2) is 97.5 Å². The zero-order valence-corrected chi connectivity index (χ0v) is 21.6. The van der Waals surface area contributed by atoms with Gasteiger partial charge in [-0.3, -0.25) is 9.97 Å². The van der Waals surface area contributed by atoms with Crippen molar-refractivity contribution in [3.8, 4) is 45.5 Å². The van der Waals surface area contributed by atoms with Gasteiger partial charge in [0.25, 0.3) is 0 Å². The van der Waals surface area contributed by atoms with Crippen molar-refractivity contribution in [3.05, 3.63) is 103 Å². The minimum absolute atomic E-state index is 0.104. The van der Waals surface area contributed by atoms with Crippen LogP contribution in [-0.4, -0.2) is 47.4 Å². The third-order valence-electron chi connectivity index (χ3n) is 6.35. The summed E-state index contributed by atoms with van der Waals surface area (Å²) >= 11 is 0. The van der Waals surface area contributed by atoms with Gasteiger partial charge in [0.15, 0.2) is 17.5 Å². The van der Waals surface area contributed by atoms with Gasteiger partial charge < -0.3 is 9.84 Å². The molecule has 9 heteroatoms. The molecule has 0 aliphatic carbocycles. The van der Waals surface area contributed by atoms with Gasteiger partial charge in [-0.1, -0.05) is 43.3 Å². The first-order valence-corrected chi connectivity index (χ1v) is 12.8. The number of ether oxygens (including phenoxy) is 1. The van der Waals surface area contributed by atoms with Crippen LogP contribution in [0.2, 0.25) is 0 Å². The Kier molecular flexibility index (Phi) is 6.68. The highest BCUT2D eigenvalue weighted by Gasteiger charge is 2.18. The summed E-state index contributed by atoms with van der Waals surface area (Å²) in [5.41, 5.74) is 5.24. The predicted molar refractivity (Wildman–Crippen MR) is 151 cm³/mol. The number of hydrogen-bond acceptors (Lipinski definition) is 7. The topological polar surface area (TPSA) is 116 Å². The molecule has 3 aromatic heterocycles. The quantitative estimate of drug-likeness (QED) is 0.252. The predicted octanol–water partition coefficient (Wildman–Crippen LogP) is 6.09. The number of benzene rings is 3. The van der Waals surface area contributed by atoms with Crippen molar-refractivity contribution >= 4 is 17.0 Å². The molecule has 0 fully saturated rings. The molecule has 0 amide bonds. The molecule has 0 bridgehead atoms. The largest absolute Gasteiger partial charge is 0.494 e. The fraction of sp³-hybridized carbons (Fsp3) is 0.0968. The number of pyridine rings is 1. The minimum atomic E-state index is -1.05. The van der Waals surface area contributed by atoms with Crippen molar-refractivity contribution < 1.29 is 14.6 Å². The fourth-order valence-electron chi connectivity index (χ4n) is 4.33. The Labute approximate surface area is 229 Å².